The predicted molar refractivity (Wildman–Crippen MR) is 125 cm³/mol. The Morgan fingerprint density at radius 2 is 1.31 bits per heavy atom. The van der Waals surface area contributed by atoms with E-state index in [-0.39, 0.29) is 4.31 Å². The number of carboxylic acid groups (broad SMARTS) is 1. The molecule has 0 radical (unpaired) electrons. The van der Waals surface area contributed by atoms with Crippen LogP contribution in [-0.4, -0.2) is 86.4 Å². The second kappa shape index (κ2) is 10.4. The lowest BCUT2D eigenvalue weighted by molar-refractivity contribution is -0.142. The molecule has 14 heteroatoms. The molecule has 0 heterocycles. The minimum atomic E-state index is -4.97. The van der Waals surface area contributed by atoms with Gasteiger partial charge in [-0.05, 0) is 53.7 Å². The van der Waals surface area contributed by atoms with Gasteiger partial charge in [0.2, 0.25) is 0 Å². The Morgan fingerprint density at radius 1 is 0.886 bits per heavy atom. The zero-order chi connectivity index (χ0) is 27.6. The van der Waals surface area contributed by atoms with E-state index in [1.807, 2.05) is 0 Å². The first-order valence-electron chi connectivity index (χ1n) is 10.3. The number of likely N-dealkylation sites (N-methyl/N-ethyl adjacent to an activating group) is 1. The van der Waals surface area contributed by atoms with Gasteiger partial charge in [0.15, 0.2) is 15.9 Å². The van der Waals surface area contributed by atoms with Crippen LogP contribution in [0.3, 0.4) is 0 Å². The lowest BCUT2D eigenvalue weighted by Crippen LogP contribution is -2.53. The van der Waals surface area contributed by atoms with Gasteiger partial charge in [0.25, 0.3) is 10.0 Å². The van der Waals surface area contributed by atoms with Gasteiger partial charge < -0.3 is 14.6 Å². The molecule has 12 nitrogen and oxygen atoms in total. The molecule has 198 valence electrons. The van der Waals surface area contributed by atoms with Gasteiger partial charge in [-0.25, -0.2) is 31.2 Å². The van der Waals surface area contributed by atoms with Crippen molar-refractivity contribution in [3.05, 3.63) is 24.3 Å². The molecule has 1 atom stereocenters. The van der Waals surface area contributed by atoms with E-state index < -0.39 is 71.6 Å². The van der Waals surface area contributed by atoms with E-state index in [1.54, 1.807) is 20.8 Å². The molecule has 0 bridgehead atoms. The molecule has 1 N–H and O–H groups in total. The molecular weight excluding hydrogens is 504 g/mol. The van der Waals surface area contributed by atoms with Crippen LogP contribution in [0.2, 0.25) is 0 Å². The molecule has 0 unspecified atom stereocenters. The molecule has 0 aliphatic carbocycles. The van der Waals surface area contributed by atoms with Crippen molar-refractivity contribution in [2.45, 2.75) is 68.6 Å². The van der Waals surface area contributed by atoms with Crippen molar-refractivity contribution in [3.63, 3.8) is 0 Å². The van der Waals surface area contributed by atoms with Crippen LogP contribution in [0.4, 0.5) is 9.59 Å². The molecule has 1 aromatic carbocycles. The summed E-state index contributed by atoms with van der Waals surface area (Å²) in [6.07, 6.45) is -1.75. The number of hydrogen-bond acceptors (Lipinski definition) is 9. The maximum absolute atomic E-state index is 13.5. The van der Waals surface area contributed by atoms with Crippen molar-refractivity contribution < 1.29 is 45.8 Å². The van der Waals surface area contributed by atoms with Gasteiger partial charge in [0.05, 0.1) is 11.4 Å². The van der Waals surface area contributed by atoms with Crippen molar-refractivity contribution in [1.82, 2.24) is 9.21 Å². The number of carboxylic acids is 1. The number of benzene rings is 1. The van der Waals surface area contributed by atoms with Gasteiger partial charge in [-0.15, -0.1) is 0 Å². The van der Waals surface area contributed by atoms with E-state index in [1.165, 1.54) is 32.9 Å². The van der Waals surface area contributed by atoms with Crippen LogP contribution < -0.4 is 0 Å². The van der Waals surface area contributed by atoms with Crippen LogP contribution in [-0.2, 0) is 34.1 Å². The summed E-state index contributed by atoms with van der Waals surface area (Å²) in [6, 6.07) is 2.66. The number of sulfonamides is 1. The first-order chi connectivity index (χ1) is 15.6. The van der Waals surface area contributed by atoms with Crippen LogP contribution >= 0.6 is 0 Å². The number of nitrogens with zero attached hydrogens (tertiary/aromatic N) is 2. The number of carbonyl (C=O) groups is 3. The highest BCUT2D eigenvalue weighted by molar-refractivity contribution is 7.93. The van der Waals surface area contributed by atoms with Gasteiger partial charge in [-0.2, -0.15) is 4.31 Å². The topological polar surface area (TPSA) is 165 Å². The molecule has 0 saturated heterocycles. The lowest BCUT2D eigenvalue weighted by atomic mass is 10.2. The molecule has 0 aromatic heterocycles. The average Bonchev–Trinajstić information content (AvgIpc) is 2.64. The summed E-state index contributed by atoms with van der Waals surface area (Å²) in [6.45, 7) is 7.95. The van der Waals surface area contributed by atoms with E-state index >= 15 is 0 Å². The number of ether oxygens (including phenoxy) is 2. The fourth-order valence-corrected chi connectivity index (χ4v) is 5.57. The van der Waals surface area contributed by atoms with Crippen molar-refractivity contribution >= 4 is 38.0 Å². The molecule has 0 spiro atoms. The summed E-state index contributed by atoms with van der Waals surface area (Å²) >= 11 is 0. The summed E-state index contributed by atoms with van der Waals surface area (Å²) in [4.78, 5) is 36.7. The van der Waals surface area contributed by atoms with Crippen LogP contribution in [0, 0.1) is 0 Å². The summed E-state index contributed by atoms with van der Waals surface area (Å²) in [5.74, 6) is -1.64. The Kier molecular flexibility index (Phi) is 8.96. The average molecular weight is 537 g/mol. The molecular formula is C21H32N2O10S2. The van der Waals surface area contributed by atoms with Gasteiger partial charge >= 0.3 is 18.2 Å². The Hall–Kier alpha value is -2.87. The third-order valence-corrected chi connectivity index (χ3v) is 7.26. The second-order valence-corrected chi connectivity index (χ2v) is 13.5. The summed E-state index contributed by atoms with van der Waals surface area (Å²) in [7, 11) is -7.97. The van der Waals surface area contributed by atoms with Gasteiger partial charge in [-0.1, -0.05) is 12.1 Å². The number of rotatable bonds is 7. The second-order valence-electron chi connectivity index (χ2n) is 9.68. The van der Waals surface area contributed by atoms with Gasteiger partial charge in [0, 0.05) is 13.3 Å². The van der Waals surface area contributed by atoms with E-state index in [9.17, 15) is 36.3 Å². The quantitative estimate of drug-likeness (QED) is 0.547. The fourth-order valence-electron chi connectivity index (χ4n) is 2.66. The smallest absolute Gasteiger partial charge is 0.424 e. The monoisotopic (exact) mass is 536 g/mol. The zero-order valence-corrected chi connectivity index (χ0v) is 22.6. The predicted octanol–water partition coefficient (Wildman–Crippen LogP) is 2.34. The number of sulfone groups is 1. The Balaban J connectivity index is 3.66. The number of amides is 2. The van der Waals surface area contributed by atoms with Crippen molar-refractivity contribution in [2.24, 2.45) is 0 Å². The standard InChI is InChI=1S/C21H32N2O10S2/c1-20(2,3)32-18(26)22(7)14(17(24)25)13-23(19(27)33-21(4,5)6)35(30,31)16-12-10-9-11-15(16)34(8,28)29/h9-12,14H,13H2,1-8H3,(H,24,25)/t14-/m0/s1. The first-order valence-corrected chi connectivity index (χ1v) is 13.6. The lowest BCUT2D eigenvalue weighted by Gasteiger charge is -2.32. The SMILES string of the molecule is CN(C(=O)OC(C)(C)C)[C@@H](CN(C(=O)OC(C)(C)C)S(=O)(=O)c1ccccc1S(C)(=O)=O)C(=O)O. The van der Waals surface area contributed by atoms with Crippen molar-refractivity contribution in [1.29, 1.82) is 0 Å². The van der Waals surface area contributed by atoms with Crippen molar-refractivity contribution in [3.8, 4) is 0 Å². The van der Waals surface area contributed by atoms with E-state index in [2.05, 4.69) is 0 Å². The maximum atomic E-state index is 13.5. The molecule has 2 amide bonds. The molecule has 0 fully saturated rings. The molecule has 0 aliphatic rings. The fraction of sp³-hybridized carbons (Fsp3) is 0.571. The largest absolute Gasteiger partial charge is 0.480 e. The molecule has 35 heavy (non-hydrogen) atoms. The van der Waals surface area contributed by atoms with E-state index in [4.69, 9.17) is 9.47 Å². The summed E-state index contributed by atoms with van der Waals surface area (Å²) < 4.78 is 61.9. The third kappa shape index (κ3) is 8.38. The van der Waals surface area contributed by atoms with Crippen LogP contribution in [0.25, 0.3) is 0 Å². The van der Waals surface area contributed by atoms with Crippen molar-refractivity contribution in [2.75, 3.05) is 19.8 Å². The molecule has 1 aromatic rings. The highest BCUT2D eigenvalue weighted by Gasteiger charge is 2.41. The molecule has 0 saturated carbocycles. The number of carbonyl (C=O) groups excluding carboxylic acids is 2. The van der Waals surface area contributed by atoms with Crippen LogP contribution in [0.1, 0.15) is 41.5 Å². The van der Waals surface area contributed by atoms with Gasteiger partial charge in [0.1, 0.15) is 16.1 Å². The minimum Gasteiger partial charge on any atom is -0.480 e. The van der Waals surface area contributed by atoms with E-state index in [0.29, 0.717) is 4.90 Å². The van der Waals surface area contributed by atoms with Gasteiger partial charge in [-0.3, -0.25) is 4.90 Å². The molecule has 0 aliphatic heterocycles. The minimum absolute atomic E-state index is 0.0991. The summed E-state index contributed by atoms with van der Waals surface area (Å²) in [5.41, 5.74) is -2.17. The van der Waals surface area contributed by atoms with Crippen LogP contribution in [0.5, 0.6) is 0 Å². The van der Waals surface area contributed by atoms with E-state index in [0.717, 1.165) is 25.4 Å². The Bertz CT molecular complexity index is 1180. The zero-order valence-electron chi connectivity index (χ0n) is 20.9. The Morgan fingerprint density at radius 3 is 1.71 bits per heavy atom. The normalized spacial score (nSPS) is 13.5. The highest BCUT2D eigenvalue weighted by atomic mass is 32.2. The summed E-state index contributed by atoms with van der Waals surface area (Å²) in [5, 5.41) is 9.76. The number of aliphatic carboxylic acids is 1. The first kappa shape index (κ1) is 30.2. The maximum Gasteiger partial charge on any atom is 0.424 e. The number of hydrogen-bond donors (Lipinski definition) is 1. The Labute approximate surface area is 205 Å². The van der Waals surface area contributed by atoms with Crippen LogP contribution in [0.15, 0.2) is 34.1 Å². The highest BCUT2D eigenvalue weighted by Crippen LogP contribution is 2.26. The molecule has 1 rings (SSSR count). The third-order valence-electron chi connectivity index (χ3n) is 4.19.